The van der Waals surface area contributed by atoms with Gasteiger partial charge >= 0.3 is 5.97 Å². The minimum Gasteiger partial charge on any atom is -0.490 e. The van der Waals surface area contributed by atoms with Crippen molar-refractivity contribution in [3.63, 3.8) is 0 Å². The van der Waals surface area contributed by atoms with Crippen LogP contribution < -0.4 is 4.74 Å². The molecule has 0 aliphatic rings. The van der Waals surface area contributed by atoms with Crippen LogP contribution in [0.25, 0.3) is 0 Å². The van der Waals surface area contributed by atoms with Crippen molar-refractivity contribution >= 4 is 5.97 Å². The van der Waals surface area contributed by atoms with Crippen LogP contribution in [0.3, 0.4) is 0 Å². The monoisotopic (exact) mass is 334 g/mol. The van der Waals surface area contributed by atoms with Crippen molar-refractivity contribution in [1.29, 1.82) is 0 Å². The third-order valence-electron chi connectivity index (χ3n) is 2.62. The van der Waals surface area contributed by atoms with Crippen LogP contribution in [-0.4, -0.2) is 17.7 Å². The van der Waals surface area contributed by atoms with Gasteiger partial charge in [-0.2, -0.15) is 0 Å². The fraction of sp³-hybridized carbons (Fsp3) is 0.588. The molecule has 132 valence electrons. The number of hydrogen-bond donors (Lipinski definition) is 0. The van der Waals surface area contributed by atoms with E-state index in [9.17, 15) is 18.0 Å². The summed E-state index contributed by atoms with van der Waals surface area (Å²) >= 11 is 0. The minimum absolute atomic E-state index is 0.0279. The number of benzene rings is 1. The van der Waals surface area contributed by atoms with E-state index < -0.39 is 17.5 Å². The molecule has 1 aromatic carbocycles. The molecular weight excluding hydrogens is 309 g/mol. The van der Waals surface area contributed by atoms with Crippen LogP contribution in [0, 0.1) is 17.5 Å². The first-order valence-corrected chi connectivity index (χ1v) is 7.50. The fourth-order valence-corrected chi connectivity index (χ4v) is 1.68. The lowest BCUT2D eigenvalue weighted by molar-refractivity contribution is -0.151. The summed E-state index contributed by atoms with van der Waals surface area (Å²) in [6.07, 6.45) is 1.36. The Morgan fingerprint density at radius 1 is 1.09 bits per heavy atom. The summed E-state index contributed by atoms with van der Waals surface area (Å²) in [7, 11) is 0. The normalized spacial score (nSPS) is 10.9. The van der Waals surface area contributed by atoms with Crippen molar-refractivity contribution < 1.29 is 27.4 Å². The van der Waals surface area contributed by atoms with Crippen molar-refractivity contribution in [3.8, 4) is 5.75 Å². The molecule has 0 N–H and O–H groups in total. The van der Waals surface area contributed by atoms with Crippen LogP contribution in [0.15, 0.2) is 12.1 Å². The average molecular weight is 334 g/mol. The zero-order valence-corrected chi connectivity index (χ0v) is 14.5. The first-order chi connectivity index (χ1) is 10.5. The highest BCUT2D eigenvalue weighted by molar-refractivity contribution is 5.66. The van der Waals surface area contributed by atoms with E-state index in [1.165, 1.54) is 6.92 Å². The highest BCUT2D eigenvalue weighted by Crippen LogP contribution is 2.21. The molecule has 0 radical (unpaired) electrons. The summed E-state index contributed by atoms with van der Waals surface area (Å²) in [5.41, 5.74) is -0.328. The van der Waals surface area contributed by atoms with Crippen LogP contribution in [0.2, 0.25) is 0 Å². The van der Waals surface area contributed by atoms with Crippen LogP contribution in [0.5, 0.6) is 5.75 Å². The van der Waals surface area contributed by atoms with Crippen molar-refractivity contribution in [3.05, 3.63) is 29.6 Å². The molecule has 0 saturated carbocycles. The van der Waals surface area contributed by atoms with Crippen LogP contribution in [0.1, 0.15) is 54.4 Å². The molecule has 6 heteroatoms. The Hall–Kier alpha value is -1.72. The van der Waals surface area contributed by atoms with E-state index >= 15 is 0 Å². The van der Waals surface area contributed by atoms with E-state index in [1.807, 2.05) is 34.6 Å². The molecule has 23 heavy (non-hydrogen) atoms. The zero-order valence-electron chi connectivity index (χ0n) is 14.5. The summed E-state index contributed by atoms with van der Waals surface area (Å²) in [4.78, 5) is 10.2. The Labute approximate surface area is 135 Å². The molecule has 0 heterocycles. The van der Waals surface area contributed by atoms with Gasteiger partial charge in [0.15, 0.2) is 17.5 Å². The summed E-state index contributed by atoms with van der Waals surface area (Å²) in [6.45, 7) is 10.7. The second-order valence-electron chi connectivity index (χ2n) is 5.96. The maximum absolute atomic E-state index is 12.8. The Morgan fingerprint density at radius 2 is 1.52 bits per heavy atom. The van der Waals surface area contributed by atoms with E-state index in [0.29, 0.717) is 0 Å². The second-order valence-corrected chi connectivity index (χ2v) is 5.96. The molecule has 0 atom stereocenters. The Bertz CT molecular complexity index is 483. The molecule has 0 unspecified atom stereocenters. The Kier molecular flexibility index (Phi) is 8.72. The highest BCUT2D eigenvalue weighted by Gasteiger charge is 2.13. The first-order valence-electron chi connectivity index (χ1n) is 7.50. The maximum atomic E-state index is 12.8. The fourth-order valence-electron chi connectivity index (χ4n) is 1.68. The molecule has 0 bridgehead atoms. The van der Waals surface area contributed by atoms with Gasteiger partial charge in [0.25, 0.3) is 0 Å². The molecule has 0 aliphatic heterocycles. The zero-order chi connectivity index (χ0) is 18.2. The summed E-state index contributed by atoms with van der Waals surface area (Å²) in [5, 5.41) is 0. The van der Waals surface area contributed by atoms with Gasteiger partial charge in [0, 0.05) is 19.1 Å². The van der Waals surface area contributed by atoms with Gasteiger partial charge in [-0.15, -0.1) is 0 Å². The minimum atomic E-state index is -1.47. The number of esters is 1. The molecule has 0 amide bonds. The van der Waals surface area contributed by atoms with Crippen LogP contribution in [0.4, 0.5) is 13.2 Å². The number of halogens is 3. The van der Waals surface area contributed by atoms with Gasteiger partial charge < -0.3 is 9.47 Å². The van der Waals surface area contributed by atoms with Gasteiger partial charge in [-0.25, -0.2) is 13.2 Å². The van der Waals surface area contributed by atoms with Gasteiger partial charge in [-0.1, -0.05) is 13.8 Å². The maximum Gasteiger partial charge on any atom is 0.303 e. The van der Waals surface area contributed by atoms with Crippen LogP contribution >= 0.6 is 0 Å². The molecule has 0 saturated heterocycles. The molecule has 1 rings (SSSR count). The largest absolute Gasteiger partial charge is 0.490 e. The van der Waals surface area contributed by atoms with E-state index in [0.717, 1.165) is 25.0 Å². The quantitative estimate of drug-likeness (QED) is 0.573. The number of rotatable bonds is 4. The van der Waals surface area contributed by atoms with Gasteiger partial charge in [-0.3, -0.25) is 4.79 Å². The van der Waals surface area contributed by atoms with Crippen molar-refractivity contribution in [2.24, 2.45) is 0 Å². The smallest absolute Gasteiger partial charge is 0.303 e. The van der Waals surface area contributed by atoms with Gasteiger partial charge in [0.2, 0.25) is 0 Å². The summed E-state index contributed by atoms with van der Waals surface area (Å²) in [5.74, 6) is -4.11. The topological polar surface area (TPSA) is 35.5 Å². The standard InChI is InChI=1S/C11H13F3O.C6H12O2/c1-3-7(4-2)15-8-5-9(12)11(14)10(13)6-8;1-5(7)8-6(2,3)4/h5-7H,3-4H2,1-2H3;1-4H3. The van der Waals surface area contributed by atoms with Gasteiger partial charge in [0.1, 0.15) is 11.4 Å². The van der Waals surface area contributed by atoms with E-state index in [1.54, 1.807) is 0 Å². The molecular formula is C17H25F3O3. The summed E-state index contributed by atoms with van der Waals surface area (Å²) < 4.78 is 48.3. The SMILES string of the molecule is CC(=O)OC(C)(C)C.CCC(CC)Oc1cc(F)c(F)c(F)c1. The average Bonchev–Trinajstić information content (AvgIpc) is 2.39. The number of ether oxygens (including phenoxy) is 2. The number of carbonyl (C=O) groups is 1. The van der Waals surface area contributed by atoms with E-state index in [-0.39, 0.29) is 23.4 Å². The third-order valence-corrected chi connectivity index (χ3v) is 2.62. The van der Waals surface area contributed by atoms with Gasteiger partial charge in [0.05, 0.1) is 6.10 Å². The predicted octanol–water partition coefficient (Wildman–Crippen LogP) is 5.02. The first kappa shape index (κ1) is 21.3. The highest BCUT2D eigenvalue weighted by atomic mass is 19.2. The lowest BCUT2D eigenvalue weighted by Crippen LogP contribution is -2.21. The van der Waals surface area contributed by atoms with E-state index in [4.69, 9.17) is 9.47 Å². The van der Waals surface area contributed by atoms with Crippen molar-refractivity contribution in [2.45, 2.75) is 66.1 Å². The molecule has 3 nitrogen and oxygen atoms in total. The summed E-state index contributed by atoms with van der Waals surface area (Å²) in [6, 6.07) is 1.72. The lowest BCUT2D eigenvalue weighted by atomic mass is 10.2. The third kappa shape index (κ3) is 9.11. The Balaban J connectivity index is 0.000000515. The molecule has 0 fully saturated rings. The molecule has 0 aromatic heterocycles. The van der Waals surface area contributed by atoms with Gasteiger partial charge in [-0.05, 0) is 33.6 Å². The van der Waals surface area contributed by atoms with Crippen molar-refractivity contribution in [2.75, 3.05) is 0 Å². The van der Waals surface area contributed by atoms with Crippen LogP contribution in [-0.2, 0) is 9.53 Å². The second kappa shape index (κ2) is 9.43. The Morgan fingerprint density at radius 3 is 1.78 bits per heavy atom. The van der Waals surface area contributed by atoms with Crippen molar-refractivity contribution in [1.82, 2.24) is 0 Å². The predicted molar refractivity (Wildman–Crippen MR) is 82.8 cm³/mol. The number of carbonyl (C=O) groups excluding carboxylic acids is 1. The van der Waals surface area contributed by atoms with E-state index in [2.05, 4.69) is 0 Å². The molecule has 1 aromatic rings. The number of hydrogen-bond acceptors (Lipinski definition) is 3. The molecule has 0 spiro atoms. The molecule has 0 aliphatic carbocycles. The lowest BCUT2D eigenvalue weighted by Gasteiger charge is -2.17.